The number of fused-ring (bicyclic) bond motifs is 3. The van der Waals surface area contributed by atoms with Crippen LogP contribution in [0, 0.1) is 0 Å². The Morgan fingerprint density at radius 3 is 2.40 bits per heavy atom. The highest BCUT2D eigenvalue weighted by Crippen LogP contribution is 2.44. The lowest BCUT2D eigenvalue weighted by Crippen LogP contribution is -2.22. The summed E-state index contributed by atoms with van der Waals surface area (Å²) in [7, 11) is 3.21. The second kappa shape index (κ2) is 11.3. The van der Waals surface area contributed by atoms with E-state index in [9.17, 15) is 14.7 Å². The number of methoxy groups -OCH3 is 2. The van der Waals surface area contributed by atoms with Gasteiger partial charge in [-0.25, -0.2) is 0 Å². The first-order valence-electron chi connectivity index (χ1n) is 13.5. The monoisotopic (exact) mass is 564 g/mol. The minimum Gasteiger partial charge on any atom is -0.508 e. The Morgan fingerprint density at radius 2 is 1.67 bits per heavy atom. The van der Waals surface area contributed by atoms with E-state index < -0.39 is 5.92 Å². The summed E-state index contributed by atoms with van der Waals surface area (Å²) in [6.45, 7) is 0.410. The normalized spacial score (nSPS) is 14.2. The molecule has 1 atom stereocenters. The number of rotatable bonds is 8. The largest absolute Gasteiger partial charge is 0.508 e. The lowest BCUT2D eigenvalue weighted by Gasteiger charge is -2.26. The molecule has 0 spiro atoms. The van der Waals surface area contributed by atoms with Gasteiger partial charge < -0.3 is 28.5 Å². The van der Waals surface area contributed by atoms with E-state index in [0.717, 1.165) is 16.9 Å². The van der Waals surface area contributed by atoms with Crippen molar-refractivity contribution in [3.05, 3.63) is 112 Å². The van der Waals surface area contributed by atoms with Crippen molar-refractivity contribution in [3.8, 4) is 39.9 Å². The van der Waals surface area contributed by atoms with E-state index in [4.69, 9.17) is 23.4 Å². The third-order valence-corrected chi connectivity index (χ3v) is 7.46. The van der Waals surface area contributed by atoms with Crippen molar-refractivity contribution in [2.45, 2.75) is 18.8 Å². The summed E-state index contributed by atoms with van der Waals surface area (Å²) in [4.78, 5) is 26.2. The van der Waals surface area contributed by atoms with E-state index in [1.165, 1.54) is 18.4 Å². The number of benzene rings is 4. The SMILES string of the molecule is COc1ccc(CCOc2cc([C@H]3CC(=O)Oc4ccc5c(=O)c(-c6ccc(O)cc6)coc5c43)ccc2OC)cc1. The van der Waals surface area contributed by atoms with Gasteiger partial charge in [-0.15, -0.1) is 0 Å². The summed E-state index contributed by atoms with van der Waals surface area (Å²) in [5.41, 5.74) is 3.64. The van der Waals surface area contributed by atoms with Crippen LogP contribution in [0.2, 0.25) is 0 Å². The number of phenolic OH excluding ortho intramolecular Hbond substituents is 1. The van der Waals surface area contributed by atoms with Crippen LogP contribution in [0.25, 0.3) is 22.1 Å². The Morgan fingerprint density at radius 1 is 0.881 bits per heavy atom. The minimum atomic E-state index is -0.442. The van der Waals surface area contributed by atoms with Gasteiger partial charge >= 0.3 is 5.97 Å². The number of carbonyl (C=O) groups excluding carboxylic acids is 1. The average molecular weight is 565 g/mol. The van der Waals surface area contributed by atoms with Crippen molar-refractivity contribution < 1.29 is 33.3 Å². The van der Waals surface area contributed by atoms with E-state index >= 15 is 0 Å². The third kappa shape index (κ3) is 5.14. The van der Waals surface area contributed by atoms with E-state index in [-0.39, 0.29) is 23.6 Å². The minimum absolute atomic E-state index is 0.0627. The predicted molar refractivity (Wildman–Crippen MR) is 157 cm³/mol. The first-order valence-corrected chi connectivity index (χ1v) is 13.5. The molecule has 1 aliphatic rings. The molecule has 1 N–H and O–H groups in total. The summed E-state index contributed by atoms with van der Waals surface area (Å²) < 4.78 is 28.6. The number of esters is 1. The molecule has 1 aliphatic heterocycles. The zero-order valence-electron chi connectivity index (χ0n) is 23.1. The van der Waals surface area contributed by atoms with E-state index in [1.54, 1.807) is 38.5 Å². The Labute approximate surface area is 241 Å². The third-order valence-electron chi connectivity index (χ3n) is 7.46. The van der Waals surface area contributed by atoms with Gasteiger partial charge in [0.2, 0.25) is 5.43 Å². The molecule has 0 saturated heterocycles. The zero-order chi connectivity index (χ0) is 29.2. The molecule has 5 aromatic rings. The summed E-state index contributed by atoms with van der Waals surface area (Å²) >= 11 is 0. The van der Waals surface area contributed by atoms with Crippen molar-refractivity contribution in [2.75, 3.05) is 20.8 Å². The van der Waals surface area contributed by atoms with Gasteiger partial charge in [0, 0.05) is 17.9 Å². The fraction of sp³-hybridized carbons (Fsp3) is 0.176. The van der Waals surface area contributed by atoms with Gasteiger partial charge in [-0.3, -0.25) is 9.59 Å². The van der Waals surface area contributed by atoms with Crippen LogP contribution < -0.4 is 24.4 Å². The van der Waals surface area contributed by atoms with Crippen LogP contribution >= 0.6 is 0 Å². The maximum atomic E-state index is 13.5. The molecule has 0 amide bonds. The smallest absolute Gasteiger partial charge is 0.312 e. The van der Waals surface area contributed by atoms with Crippen LogP contribution in [0.3, 0.4) is 0 Å². The molecule has 42 heavy (non-hydrogen) atoms. The molecule has 0 bridgehead atoms. The van der Waals surface area contributed by atoms with Gasteiger partial charge in [0.05, 0.1) is 38.2 Å². The van der Waals surface area contributed by atoms with Gasteiger partial charge in [0.15, 0.2) is 11.5 Å². The van der Waals surface area contributed by atoms with Crippen LogP contribution in [-0.2, 0) is 11.2 Å². The number of carbonyl (C=O) groups is 1. The summed E-state index contributed by atoms with van der Waals surface area (Å²) in [5, 5.41) is 10.0. The van der Waals surface area contributed by atoms with Crippen molar-refractivity contribution >= 4 is 16.9 Å². The predicted octanol–water partition coefficient (Wildman–Crippen LogP) is 6.25. The van der Waals surface area contributed by atoms with Crippen LogP contribution in [-0.4, -0.2) is 31.9 Å². The number of ether oxygens (including phenoxy) is 4. The highest BCUT2D eigenvalue weighted by Gasteiger charge is 2.33. The van der Waals surface area contributed by atoms with Gasteiger partial charge in [-0.05, 0) is 65.2 Å². The first kappa shape index (κ1) is 27.0. The van der Waals surface area contributed by atoms with Crippen LogP contribution in [0.15, 0.2) is 94.3 Å². The topological polar surface area (TPSA) is 104 Å². The highest BCUT2D eigenvalue weighted by atomic mass is 16.5. The van der Waals surface area contributed by atoms with E-state index in [1.807, 2.05) is 42.5 Å². The molecule has 0 fully saturated rings. The quantitative estimate of drug-likeness (QED) is 0.174. The lowest BCUT2D eigenvalue weighted by molar-refractivity contribution is -0.135. The zero-order valence-corrected chi connectivity index (χ0v) is 23.1. The summed E-state index contributed by atoms with van der Waals surface area (Å²) in [6, 6.07) is 22.9. The fourth-order valence-electron chi connectivity index (χ4n) is 5.27. The maximum absolute atomic E-state index is 13.5. The molecule has 4 aromatic carbocycles. The van der Waals surface area contributed by atoms with Crippen molar-refractivity contribution in [1.29, 1.82) is 0 Å². The lowest BCUT2D eigenvalue weighted by atomic mass is 9.85. The second-order valence-corrected chi connectivity index (χ2v) is 9.97. The molecule has 0 saturated carbocycles. The number of aromatic hydroxyl groups is 1. The Kier molecular flexibility index (Phi) is 7.27. The molecule has 212 valence electrons. The van der Waals surface area contributed by atoms with Gasteiger partial charge in [0.25, 0.3) is 0 Å². The van der Waals surface area contributed by atoms with Crippen LogP contribution in [0.1, 0.15) is 29.0 Å². The maximum Gasteiger partial charge on any atom is 0.312 e. The molecule has 8 heteroatoms. The Balaban J connectivity index is 1.35. The van der Waals surface area contributed by atoms with Crippen molar-refractivity contribution in [1.82, 2.24) is 0 Å². The van der Waals surface area contributed by atoms with Crippen molar-refractivity contribution in [2.24, 2.45) is 0 Å². The molecular weight excluding hydrogens is 536 g/mol. The van der Waals surface area contributed by atoms with Gasteiger partial charge in [-0.2, -0.15) is 0 Å². The second-order valence-electron chi connectivity index (χ2n) is 9.97. The number of hydrogen-bond acceptors (Lipinski definition) is 8. The molecule has 1 aromatic heterocycles. The molecule has 0 radical (unpaired) electrons. The van der Waals surface area contributed by atoms with E-state index in [0.29, 0.717) is 57.9 Å². The molecule has 0 aliphatic carbocycles. The fourth-order valence-corrected chi connectivity index (χ4v) is 5.27. The van der Waals surface area contributed by atoms with E-state index in [2.05, 4.69) is 0 Å². The molecule has 2 heterocycles. The van der Waals surface area contributed by atoms with Crippen LogP contribution in [0.5, 0.6) is 28.7 Å². The standard InChI is InChI=1S/C34H28O8/c1-38-24-10-3-20(4-11-24)15-16-40-30-17-22(7-13-28(30)39-2)26-18-31(36)42-29-14-12-25-33(37)27(19-41-34(25)32(26)29)21-5-8-23(35)9-6-21/h3-14,17,19,26,35H,15-16,18H2,1-2H3/t26-/m1/s1. The Bertz CT molecular complexity index is 1820. The summed E-state index contributed by atoms with van der Waals surface area (Å²) in [6.07, 6.45) is 2.15. The number of hydrogen-bond donors (Lipinski definition) is 1. The molecule has 0 unspecified atom stereocenters. The van der Waals surface area contributed by atoms with Gasteiger partial charge in [-0.1, -0.05) is 30.3 Å². The van der Waals surface area contributed by atoms with Gasteiger partial charge in [0.1, 0.15) is 29.1 Å². The highest BCUT2D eigenvalue weighted by molar-refractivity contribution is 5.90. The Hall–Kier alpha value is -5.24. The molecule has 8 nitrogen and oxygen atoms in total. The average Bonchev–Trinajstić information content (AvgIpc) is 3.01. The van der Waals surface area contributed by atoms with Crippen LogP contribution in [0.4, 0.5) is 0 Å². The molecular formula is C34H28O8. The van der Waals surface area contributed by atoms with Crippen molar-refractivity contribution in [3.63, 3.8) is 0 Å². The molecule has 6 rings (SSSR count). The summed E-state index contributed by atoms with van der Waals surface area (Å²) in [5.74, 6) is 1.53. The number of phenols is 1. The first-order chi connectivity index (χ1) is 20.4.